The van der Waals surface area contributed by atoms with E-state index >= 15 is 0 Å². The van der Waals surface area contributed by atoms with Crippen LogP contribution in [-0.2, 0) is 4.79 Å². The van der Waals surface area contributed by atoms with Crippen LogP contribution in [0.1, 0.15) is 32.1 Å². The molecule has 2 heterocycles. The van der Waals surface area contributed by atoms with Crippen LogP contribution in [0.5, 0.6) is 0 Å². The summed E-state index contributed by atoms with van der Waals surface area (Å²) in [5, 5.41) is 3.36. The highest BCUT2D eigenvalue weighted by atomic mass is 16.2. The van der Waals surface area contributed by atoms with Gasteiger partial charge in [-0.1, -0.05) is 0 Å². The van der Waals surface area contributed by atoms with Gasteiger partial charge in [-0.05, 0) is 44.7 Å². The van der Waals surface area contributed by atoms with Gasteiger partial charge in [0.1, 0.15) is 0 Å². The summed E-state index contributed by atoms with van der Waals surface area (Å²) < 4.78 is 0. The Labute approximate surface area is 85.8 Å². The average molecular weight is 196 g/mol. The molecule has 0 aliphatic carbocycles. The van der Waals surface area contributed by atoms with E-state index in [-0.39, 0.29) is 0 Å². The third-order valence-corrected chi connectivity index (χ3v) is 3.32. The van der Waals surface area contributed by atoms with Crippen molar-refractivity contribution in [2.45, 2.75) is 32.1 Å². The lowest BCUT2D eigenvalue weighted by molar-refractivity contribution is -0.131. The van der Waals surface area contributed by atoms with Gasteiger partial charge in [0, 0.05) is 19.5 Å². The third-order valence-electron chi connectivity index (χ3n) is 3.32. The number of nitrogens with zero attached hydrogens (tertiary/aromatic N) is 1. The number of carbonyl (C=O) groups excluding carboxylic acids is 1. The summed E-state index contributed by atoms with van der Waals surface area (Å²) >= 11 is 0. The van der Waals surface area contributed by atoms with Crippen LogP contribution in [0.3, 0.4) is 0 Å². The fraction of sp³-hybridized carbons (Fsp3) is 0.909. The van der Waals surface area contributed by atoms with E-state index in [0.717, 1.165) is 32.6 Å². The van der Waals surface area contributed by atoms with Crippen molar-refractivity contribution in [3.05, 3.63) is 0 Å². The molecule has 1 atom stereocenters. The molecule has 3 nitrogen and oxygen atoms in total. The van der Waals surface area contributed by atoms with Crippen LogP contribution in [0.15, 0.2) is 0 Å². The lowest BCUT2D eigenvalue weighted by atomic mass is 9.96. The van der Waals surface area contributed by atoms with Gasteiger partial charge in [-0.3, -0.25) is 4.79 Å². The maximum Gasteiger partial charge on any atom is 0.222 e. The minimum atomic E-state index is 0.385. The second-order valence-corrected chi connectivity index (χ2v) is 4.50. The lowest BCUT2D eigenvalue weighted by Crippen LogP contribution is -2.35. The SMILES string of the molecule is O=C(CC1CCCNC1)N1CCCC1. The highest BCUT2D eigenvalue weighted by Crippen LogP contribution is 2.17. The van der Waals surface area contributed by atoms with Gasteiger partial charge in [-0.2, -0.15) is 0 Å². The number of hydrogen-bond acceptors (Lipinski definition) is 2. The maximum atomic E-state index is 11.8. The van der Waals surface area contributed by atoms with Gasteiger partial charge in [0.25, 0.3) is 0 Å². The molecular weight excluding hydrogens is 176 g/mol. The highest BCUT2D eigenvalue weighted by molar-refractivity contribution is 5.76. The predicted octanol–water partition coefficient (Wildman–Crippen LogP) is 0.998. The maximum absolute atomic E-state index is 11.8. The number of nitrogens with one attached hydrogen (secondary N) is 1. The summed E-state index contributed by atoms with van der Waals surface area (Å²) in [7, 11) is 0. The smallest absolute Gasteiger partial charge is 0.222 e. The van der Waals surface area contributed by atoms with Crippen LogP contribution >= 0.6 is 0 Å². The van der Waals surface area contributed by atoms with Crippen molar-refractivity contribution in [3.8, 4) is 0 Å². The van der Waals surface area contributed by atoms with Gasteiger partial charge in [0.2, 0.25) is 5.91 Å². The van der Waals surface area contributed by atoms with Gasteiger partial charge in [-0.15, -0.1) is 0 Å². The molecule has 0 aromatic carbocycles. The zero-order valence-electron chi connectivity index (χ0n) is 8.80. The Bertz CT molecular complexity index is 193. The molecule has 1 N–H and O–H groups in total. The predicted molar refractivity (Wildman–Crippen MR) is 56.0 cm³/mol. The van der Waals surface area contributed by atoms with E-state index in [0.29, 0.717) is 11.8 Å². The standard InChI is InChI=1S/C11H20N2O/c14-11(13-6-1-2-7-13)8-10-4-3-5-12-9-10/h10,12H,1-9H2. The summed E-state index contributed by atoms with van der Waals surface area (Å²) in [6, 6.07) is 0. The van der Waals surface area contributed by atoms with E-state index in [9.17, 15) is 4.79 Å². The molecular formula is C11H20N2O. The van der Waals surface area contributed by atoms with Crippen molar-refractivity contribution in [2.24, 2.45) is 5.92 Å². The molecule has 1 amide bonds. The zero-order valence-corrected chi connectivity index (χ0v) is 8.80. The first kappa shape index (κ1) is 9.97. The summed E-state index contributed by atoms with van der Waals surface area (Å²) in [5.74, 6) is 0.980. The number of hydrogen-bond donors (Lipinski definition) is 1. The van der Waals surface area contributed by atoms with Crippen molar-refractivity contribution in [1.82, 2.24) is 10.2 Å². The van der Waals surface area contributed by atoms with E-state index in [1.807, 2.05) is 4.90 Å². The van der Waals surface area contributed by atoms with E-state index in [1.165, 1.54) is 25.7 Å². The number of rotatable bonds is 2. The molecule has 3 heteroatoms. The Balaban J connectivity index is 1.75. The van der Waals surface area contributed by atoms with Crippen molar-refractivity contribution >= 4 is 5.91 Å². The number of carbonyl (C=O) groups is 1. The second-order valence-electron chi connectivity index (χ2n) is 4.50. The Hall–Kier alpha value is -0.570. The van der Waals surface area contributed by atoms with E-state index in [1.54, 1.807) is 0 Å². The summed E-state index contributed by atoms with van der Waals surface area (Å²) in [6.45, 7) is 4.17. The van der Waals surface area contributed by atoms with Gasteiger partial charge >= 0.3 is 0 Å². The quantitative estimate of drug-likeness (QED) is 0.714. The van der Waals surface area contributed by atoms with Crippen molar-refractivity contribution in [2.75, 3.05) is 26.2 Å². The molecule has 2 aliphatic rings. The number of piperidine rings is 1. The Morgan fingerprint density at radius 3 is 2.71 bits per heavy atom. The molecule has 0 bridgehead atoms. The first-order chi connectivity index (χ1) is 6.86. The van der Waals surface area contributed by atoms with Crippen LogP contribution in [0, 0.1) is 5.92 Å². The van der Waals surface area contributed by atoms with Gasteiger partial charge in [0.05, 0.1) is 0 Å². The van der Waals surface area contributed by atoms with Crippen LogP contribution in [0.25, 0.3) is 0 Å². The normalized spacial score (nSPS) is 28.0. The molecule has 0 aromatic heterocycles. The molecule has 0 spiro atoms. The molecule has 2 fully saturated rings. The Kier molecular flexibility index (Phi) is 3.40. The number of likely N-dealkylation sites (tertiary alicyclic amines) is 1. The van der Waals surface area contributed by atoms with Crippen LogP contribution < -0.4 is 5.32 Å². The lowest BCUT2D eigenvalue weighted by Gasteiger charge is -2.24. The van der Waals surface area contributed by atoms with Crippen LogP contribution in [-0.4, -0.2) is 37.0 Å². The minimum absolute atomic E-state index is 0.385. The Morgan fingerprint density at radius 2 is 2.07 bits per heavy atom. The van der Waals surface area contributed by atoms with E-state index in [4.69, 9.17) is 0 Å². The highest BCUT2D eigenvalue weighted by Gasteiger charge is 2.22. The van der Waals surface area contributed by atoms with E-state index in [2.05, 4.69) is 5.32 Å². The van der Waals surface area contributed by atoms with E-state index < -0.39 is 0 Å². The summed E-state index contributed by atoms with van der Waals surface area (Å²) in [5.41, 5.74) is 0. The van der Waals surface area contributed by atoms with Gasteiger partial charge < -0.3 is 10.2 Å². The molecule has 2 aliphatic heterocycles. The molecule has 0 saturated carbocycles. The van der Waals surface area contributed by atoms with Crippen molar-refractivity contribution in [1.29, 1.82) is 0 Å². The van der Waals surface area contributed by atoms with Crippen LogP contribution in [0.4, 0.5) is 0 Å². The molecule has 80 valence electrons. The largest absolute Gasteiger partial charge is 0.343 e. The molecule has 14 heavy (non-hydrogen) atoms. The van der Waals surface area contributed by atoms with Gasteiger partial charge in [-0.25, -0.2) is 0 Å². The van der Waals surface area contributed by atoms with Gasteiger partial charge in [0.15, 0.2) is 0 Å². The molecule has 0 radical (unpaired) electrons. The number of amides is 1. The second kappa shape index (κ2) is 4.78. The molecule has 1 unspecified atom stereocenters. The first-order valence-corrected chi connectivity index (χ1v) is 5.85. The summed E-state index contributed by atoms with van der Waals surface area (Å²) in [4.78, 5) is 13.8. The zero-order chi connectivity index (χ0) is 9.80. The third kappa shape index (κ3) is 2.47. The topological polar surface area (TPSA) is 32.3 Å². The molecule has 2 saturated heterocycles. The molecule has 2 rings (SSSR count). The Morgan fingerprint density at radius 1 is 1.29 bits per heavy atom. The van der Waals surface area contributed by atoms with Crippen molar-refractivity contribution < 1.29 is 4.79 Å². The molecule has 0 aromatic rings. The first-order valence-electron chi connectivity index (χ1n) is 5.85. The van der Waals surface area contributed by atoms with Crippen LogP contribution in [0.2, 0.25) is 0 Å². The minimum Gasteiger partial charge on any atom is -0.343 e. The monoisotopic (exact) mass is 196 g/mol. The average Bonchev–Trinajstić information content (AvgIpc) is 2.72. The fourth-order valence-electron chi connectivity index (χ4n) is 2.44. The van der Waals surface area contributed by atoms with Crippen molar-refractivity contribution in [3.63, 3.8) is 0 Å². The summed E-state index contributed by atoms with van der Waals surface area (Å²) in [6.07, 6.45) is 5.64. The fourth-order valence-corrected chi connectivity index (χ4v) is 2.44.